The third kappa shape index (κ3) is 2.81. The van der Waals surface area contributed by atoms with Crippen molar-refractivity contribution in [3.63, 3.8) is 0 Å². The van der Waals surface area contributed by atoms with Crippen molar-refractivity contribution in [3.8, 4) is 5.75 Å². The lowest BCUT2D eigenvalue weighted by Gasteiger charge is -2.20. The third-order valence-electron chi connectivity index (χ3n) is 3.38. The molecule has 0 bridgehead atoms. The number of halogens is 1. The van der Waals surface area contributed by atoms with Gasteiger partial charge in [-0.05, 0) is 35.9 Å². The second-order valence-corrected chi connectivity index (χ2v) is 4.96. The number of nitrogens with zero attached hydrogens (tertiary/aromatic N) is 1. The molecule has 21 heavy (non-hydrogen) atoms. The zero-order valence-electron chi connectivity index (χ0n) is 11.4. The summed E-state index contributed by atoms with van der Waals surface area (Å²) in [5.74, 6) is 0.0682. The molecule has 0 aromatic heterocycles. The maximum Gasteiger partial charge on any atom is 0.258 e. The number of carbonyl (C=O) groups excluding carboxylic acids is 1. The highest BCUT2D eigenvalue weighted by Gasteiger charge is 2.23. The van der Waals surface area contributed by atoms with Crippen LogP contribution in [0.3, 0.4) is 0 Å². The minimum absolute atomic E-state index is 0.120. The Morgan fingerprint density at radius 3 is 2.86 bits per heavy atom. The first-order valence-electron chi connectivity index (χ1n) is 6.69. The molecule has 0 saturated heterocycles. The van der Waals surface area contributed by atoms with Crippen LogP contribution in [-0.2, 0) is 6.54 Å². The lowest BCUT2D eigenvalue weighted by molar-refractivity contribution is 0.0743. The highest BCUT2D eigenvalue weighted by molar-refractivity contribution is 5.97. The Labute approximate surface area is 121 Å². The summed E-state index contributed by atoms with van der Waals surface area (Å²) in [5.41, 5.74) is 7.18. The Kier molecular flexibility index (Phi) is 3.48. The summed E-state index contributed by atoms with van der Waals surface area (Å²) in [6.07, 6.45) is 0. The van der Waals surface area contributed by atoms with E-state index < -0.39 is 5.82 Å². The fourth-order valence-electron chi connectivity index (χ4n) is 2.44. The molecule has 1 heterocycles. The van der Waals surface area contributed by atoms with Crippen LogP contribution in [0.25, 0.3) is 0 Å². The van der Waals surface area contributed by atoms with E-state index in [1.54, 1.807) is 29.2 Å². The lowest BCUT2D eigenvalue weighted by atomic mass is 10.1. The molecule has 0 spiro atoms. The summed E-state index contributed by atoms with van der Waals surface area (Å²) in [7, 11) is 0. The van der Waals surface area contributed by atoms with Gasteiger partial charge in [-0.3, -0.25) is 4.79 Å². The van der Waals surface area contributed by atoms with Crippen LogP contribution in [0.5, 0.6) is 5.75 Å². The Bertz CT molecular complexity index is 667. The van der Waals surface area contributed by atoms with E-state index in [1.165, 1.54) is 12.1 Å². The maximum atomic E-state index is 13.4. The van der Waals surface area contributed by atoms with Crippen LogP contribution in [0.4, 0.5) is 10.1 Å². The van der Waals surface area contributed by atoms with Crippen LogP contribution < -0.4 is 10.5 Å². The molecule has 4 nitrogen and oxygen atoms in total. The molecule has 0 saturated carbocycles. The number of benzene rings is 2. The fourth-order valence-corrected chi connectivity index (χ4v) is 2.44. The molecule has 1 aliphatic heterocycles. The first kappa shape index (κ1) is 13.4. The number of hydrogen-bond acceptors (Lipinski definition) is 3. The Balaban J connectivity index is 1.87. The van der Waals surface area contributed by atoms with E-state index in [9.17, 15) is 9.18 Å². The smallest absolute Gasteiger partial charge is 0.258 e. The van der Waals surface area contributed by atoms with Gasteiger partial charge in [0, 0.05) is 12.2 Å². The predicted octanol–water partition coefficient (Wildman–Crippen LogP) is 2.44. The molecule has 2 aromatic carbocycles. The van der Waals surface area contributed by atoms with Crippen LogP contribution in [-0.4, -0.2) is 24.0 Å². The van der Waals surface area contributed by atoms with Crippen molar-refractivity contribution < 1.29 is 13.9 Å². The zero-order valence-corrected chi connectivity index (χ0v) is 11.4. The van der Waals surface area contributed by atoms with E-state index in [2.05, 4.69) is 0 Å². The molecule has 0 atom stereocenters. The van der Waals surface area contributed by atoms with Gasteiger partial charge in [0.2, 0.25) is 0 Å². The zero-order chi connectivity index (χ0) is 14.8. The van der Waals surface area contributed by atoms with Crippen molar-refractivity contribution in [2.75, 3.05) is 18.9 Å². The molecular weight excluding hydrogens is 271 g/mol. The molecule has 0 aliphatic carbocycles. The summed E-state index contributed by atoms with van der Waals surface area (Å²) >= 11 is 0. The summed E-state index contributed by atoms with van der Waals surface area (Å²) in [6.45, 7) is 1.16. The van der Waals surface area contributed by atoms with Gasteiger partial charge in [0.25, 0.3) is 5.91 Å². The number of rotatable bonds is 2. The molecule has 0 fully saturated rings. The molecule has 2 N–H and O–H groups in total. The molecule has 5 heteroatoms. The van der Waals surface area contributed by atoms with Gasteiger partial charge in [-0.25, -0.2) is 4.39 Å². The van der Waals surface area contributed by atoms with Crippen molar-refractivity contribution >= 4 is 11.6 Å². The van der Waals surface area contributed by atoms with Crippen LogP contribution in [0.2, 0.25) is 0 Å². The SMILES string of the molecule is Nc1cc(F)cc(CN2CCOc3ccccc3C2=O)c1. The highest BCUT2D eigenvalue weighted by Crippen LogP contribution is 2.24. The van der Waals surface area contributed by atoms with E-state index in [4.69, 9.17) is 10.5 Å². The average molecular weight is 286 g/mol. The maximum absolute atomic E-state index is 13.4. The quantitative estimate of drug-likeness (QED) is 0.863. The summed E-state index contributed by atoms with van der Waals surface area (Å²) in [4.78, 5) is 14.2. The van der Waals surface area contributed by atoms with Crippen LogP contribution in [0.1, 0.15) is 15.9 Å². The van der Waals surface area contributed by atoms with E-state index in [0.29, 0.717) is 42.3 Å². The van der Waals surface area contributed by atoms with E-state index in [0.717, 1.165) is 0 Å². The topological polar surface area (TPSA) is 55.6 Å². The molecule has 0 unspecified atom stereocenters. The molecule has 3 rings (SSSR count). The fraction of sp³-hybridized carbons (Fsp3) is 0.188. The van der Waals surface area contributed by atoms with Gasteiger partial charge in [0.15, 0.2) is 0 Å². The van der Waals surface area contributed by atoms with Crippen molar-refractivity contribution in [1.82, 2.24) is 4.90 Å². The number of carbonyl (C=O) groups is 1. The molecule has 1 amide bonds. The van der Waals surface area contributed by atoms with E-state index in [1.807, 2.05) is 6.07 Å². The molecular formula is C16H15FN2O2. The van der Waals surface area contributed by atoms with Crippen LogP contribution in [0, 0.1) is 5.82 Å². The van der Waals surface area contributed by atoms with Crippen LogP contribution in [0.15, 0.2) is 42.5 Å². The Hall–Kier alpha value is -2.56. The van der Waals surface area contributed by atoms with Gasteiger partial charge in [-0.1, -0.05) is 12.1 Å². The number of para-hydroxylation sites is 1. The second kappa shape index (κ2) is 5.44. The first-order chi connectivity index (χ1) is 10.1. The van der Waals surface area contributed by atoms with Gasteiger partial charge in [0.1, 0.15) is 18.2 Å². The number of nitrogen functional groups attached to an aromatic ring is 1. The van der Waals surface area contributed by atoms with E-state index in [-0.39, 0.29) is 5.91 Å². The summed E-state index contributed by atoms with van der Waals surface area (Å²) in [6, 6.07) is 11.5. The van der Waals surface area contributed by atoms with Gasteiger partial charge in [-0.2, -0.15) is 0 Å². The van der Waals surface area contributed by atoms with E-state index >= 15 is 0 Å². The minimum atomic E-state index is -0.399. The minimum Gasteiger partial charge on any atom is -0.491 e. The van der Waals surface area contributed by atoms with Gasteiger partial charge >= 0.3 is 0 Å². The summed E-state index contributed by atoms with van der Waals surface area (Å²) < 4.78 is 19.0. The predicted molar refractivity (Wildman–Crippen MR) is 77.5 cm³/mol. The number of fused-ring (bicyclic) bond motifs is 1. The number of ether oxygens (including phenoxy) is 1. The van der Waals surface area contributed by atoms with Crippen molar-refractivity contribution in [1.29, 1.82) is 0 Å². The number of nitrogens with two attached hydrogens (primary N) is 1. The standard InChI is InChI=1S/C16H15FN2O2/c17-12-7-11(8-13(18)9-12)10-19-5-6-21-15-4-2-1-3-14(15)16(19)20/h1-4,7-9H,5-6,10,18H2. The largest absolute Gasteiger partial charge is 0.491 e. The molecule has 0 radical (unpaired) electrons. The lowest BCUT2D eigenvalue weighted by Crippen LogP contribution is -2.31. The first-order valence-corrected chi connectivity index (χ1v) is 6.69. The van der Waals surface area contributed by atoms with Gasteiger partial charge < -0.3 is 15.4 Å². The van der Waals surface area contributed by atoms with Crippen molar-refractivity contribution in [2.24, 2.45) is 0 Å². The Morgan fingerprint density at radius 2 is 2.05 bits per heavy atom. The van der Waals surface area contributed by atoms with Gasteiger partial charge in [-0.15, -0.1) is 0 Å². The monoisotopic (exact) mass is 286 g/mol. The second-order valence-electron chi connectivity index (χ2n) is 4.96. The average Bonchev–Trinajstić information content (AvgIpc) is 2.59. The number of amides is 1. The van der Waals surface area contributed by atoms with Crippen LogP contribution >= 0.6 is 0 Å². The van der Waals surface area contributed by atoms with Crippen molar-refractivity contribution in [2.45, 2.75) is 6.54 Å². The highest BCUT2D eigenvalue weighted by atomic mass is 19.1. The third-order valence-corrected chi connectivity index (χ3v) is 3.38. The van der Waals surface area contributed by atoms with Crippen molar-refractivity contribution in [3.05, 3.63) is 59.4 Å². The molecule has 108 valence electrons. The number of hydrogen-bond donors (Lipinski definition) is 1. The Morgan fingerprint density at radius 1 is 1.24 bits per heavy atom. The normalized spacial score (nSPS) is 14.3. The molecule has 1 aliphatic rings. The summed E-state index contributed by atoms with van der Waals surface area (Å²) in [5, 5.41) is 0. The molecule has 2 aromatic rings. The number of anilines is 1. The van der Waals surface area contributed by atoms with Gasteiger partial charge in [0.05, 0.1) is 12.1 Å².